The molecular formula is C32H22N6O2S4. The Labute approximate surface area is 270 Å². The molecule has 0 fully saturated rings. The van der Waals surface area contributed by atoms with Crippen LogP contribution in [-0.4, -0.2) is 25.6 Å². The number of hydrogen-bond acceptors (Lipinski definition) is 12. The number of ether oxygens (including phenoxy) is 2. The summed E-state index contributed by atoms with van der Waals surface area (Å²) in [6.07, 6.45) is 0. The first-order valence-electron chi connectivity index (χ1n) is 13.2. The average molecular weight is 651 g/mol. The van der Waals surface area contributed by atoms with Crippen LogP contribution in [0.5, 0.6) is 11.5 Å². The summed E-state index contributed by atoms with van der Waals surface area (Å²) in [7, 11) is 3.22. The van der Waals surface area contributed by atoms with Crippen LogP contribution in [0.4, 0.5) is 10.0 Å². The number of hydrogen-bond donors (Lipinski definition) is 0. The molecule has 4 heterocycles. The van der Waals surface area contributed by atoms with Gasteiger partial charge in [0.05, 0.1) is 24.0 Å². The molecule has 0 atom stereocenters. The number of fused-ring (bicyclic) bond motifs is 4. The first-order valence-corrected chi connectivity index (χ1v) is 16.5. The summed E-state index contributed by atoms with van der Waals surface area (Å²) in [4.78, 5) is 14.9. The Kier molecular flexibility index (Phi) is 7.08. The Bertz CT molecular complexity index is 1970. The first-order chi connectivity index (χ1) is 21.0. The van der Waals surface area contributed by atoms with Crippen LogP contribution in [0.1, 0.15) is 48.6 Å². The van der Waals surface area contributed by atoms with Crippen LogP contribution in [0, 0.1) is 45.3 Å². The molecule has 0 amide bonds. The van der Waals surface area contributed by atoms with E-state index in [1.807, 2.05) is 24.3 Å². The Morgan fingerprint density at radius 1 is 0.591 bits per heavy atom. The summed E-state index contributed by atoms with van der Waals surface area (Å²) in [6, 6.07) is 15.3. The average Bonchev–Trinajstić information content (AvgIpc) is 3.83. The van der Waals surface area contributed by atoms with Crippen LogP contribution in [0.2, 0.25) is 0 Å². The lowest BCUT2D eigenvalue weighted by Crippen LogP contribution is -2.16. The van der Waals surface area contributed by atoms with Crippen molar-refractivity contribution >= 4 is 77.9 Å². The highest BCUT2D eigenvalue weighted by molar-refractivity contribution is 7.26. The van der Waals surface area contributed by atoms with Gasteiger partial charge in [-0.05, 0) is 34.4 Å². The van der Waals surface area contributed by atoms with Crippen LogP contribution in [0.15, 0.2) is 34.3 Å². The normalized spacial score (nSPS) is 14.8. The zero-order valence-electron chi connectivity index (χ0n) is 24.4. The van der Waals surface area contributed by atoms with E-state index in [2.05, 4.69) is 49.8 Å². The molecule has 0 aliphatic heterocycles. The number of rotatable bonds is 6. The lowest BCUT2D eigenvalue weighted by atomic mass is 9.80. The lowest BCUT2D eigenvalue weighted by Gasteiger charge is -2.23. The molecule has 6 rings (SSSR count). The fourth-order valence-corrected chi connectivity index (χ4v) is 11.1. The second-order valence-electron chi connectivity index (χ2n) is 11.0. The van der Waals surface area contributed by atoms with Crippen LogP contribution in [0.3, 0.4) is 0 Å². The highest BCUT2D eigenvalue weighted by Crippen LogP contribution is 2.67. The molecule has 0 bridgehead atoms. The van der Waals surface area contributed by atoms with E-state index in [4.69, 9.17) is 30.5 Å². The molecule has 0 unspecified atom stereocenters. The summed E-state index contributed by atoms with van der Waals surface area (Å²) in [5, 5.41) is 37.7. The maximum atomic E-state index is 9.16. The topological polar surface area (TPSA) is 138 Å². The first kappa shape index (κ1) is 29.5. The van der Waals surface area contributed by atoms with Crippen molar-refractivity contribution in [1.29, 1.82) is 21.0 Å². The molecule has 216 valence electrons. The van der Waals surface area contributed by atoms with Gasteiger partial charge < -0.3 is 9.47 Å². The minimum absolute atomic E-state index is 0.193. The van der Waals surface area contributed by atoms with Gasteiger partial charge in [0.2, 0.25) is 11.4 Å². The van der Waals surface area contributed by atoms with Gasteiger partial charge in [0.15, 0.2) is 0 Å². The number of thiophene rings is 4. The van der Waals surface area contributed by atoms with E-state index in [1.165, 1.54) is 54.7 Å². The van der Waals surface area contributed by atoms with Crippen molar-refractivity contribution in [2.24, 2.45) is 9.98 Å². The standard InChI is InChI=1S/C32H22N6O2S4/c1-31(2)17-7-21(29-19(39-5)9-23(43-29)37-15(11-33)12-34)41-27(17)26-25(31)28-18(32(26,3)4)8-22(42-28)30-20(40-6)10-24(44-30)38-16(13-35)14-36/h7-10H,1-6H3. The summed E-state index contributed by atoms with van der Waals surface area (Å²) in [5.74, 6) is 1.33. The molecular weight excluding hydrogens is 629 g/mol. The molecule has 44 heavy (non-hydrogen) atoms. The van der Waals surface area contributed by atoms with Crippen LogP contribution < -0.4 is 9.47 Å². The maximum Gasteiger partial charge on any atom is 0.219 e. The highest BCUT2D eigenvalue weighted by Gasteiger charge is 2.52. The van der Waals surface area contributed by atoms with Crippen molar-refractivity contribution in [3.8, 4) is 55.3 Å². The van der Waals surface area contributed by atoms with Gasteiger partial charge >= 0.3 is 0 Å². The molecule has 2 aliphatic rings. The molecule has 8 nitrogen and oxygen atoms in total. The van der Waals surface area contributed by atoms with E-state index < -0.39 is 0 Å². The molecule has 0 radical (unpaired) electrons. The van der Waals surface area contributed by atoms with Gasteiger partial charge in [-0.25, -0.2) is 9.98 Å². The van der Waals surface area contributed by atoms with Crippen molar-refractivity contribution in [3.05, 3.63) is 45.1 Å². The zero-order valence-corrected chi connectivity index (χ0v) is 27.7. The van der Waals surface area contributed by atoms with E-state index in [9.17, 15) is 0 Å². The van der Waals surface area contributed by atoms with Gasteiger partial charge in [0.25, 0.3) is 0 Å². The van der Waals surface area contributed by atoms with Gasteiger partial charge in [-0.1, -0.05) is 27.7 Å². The number of allylic oxidation sites excluding steroid dienone is 2. The van der Waals surface area contributed by atoms with Crippen molar-refractivity contribution in [2.45, 2.75) is 38.5 Å². The quantitative estimate of drug-likeness (QED) is 0.191. The minimum atomic E-state index is -0.256. The highest BCUT2D eigenvalue weighted by atomic mass is 32.1. The molecule has 0 N–H and O–H groups in total. The van der Waals surface area contributed by atoms with Crippen molar-refractivity contribution in [2.75, 3.05) is 14.2 Å². The second-order valence-corrected chi connectivity index (χ2v) is 15.2. The Morgan fingerprint density at radius 3 is 1.27 bits per heavy atom. The number of methoxy groups -OCH3 is 2. The number of nitriles is 4. The second kappa shape index (κ2) is 10.6. The molecule has 4 aromatic rings. The van der Waals surface area contributed by atoms with E-state index in [-0.39, 0.29) is 22.3 Å². The van der Waals surface area contributed by atoms with Gasteiger partial charge in [-0.15, -0.1) is 45.3 Å². The van der Waals surface area contributed by atoms with Gasteiger partial charge in [-0.2, -0.15) is 21.0 Å². The molecule has 12 heteroatoms. The molecule has 0 aromatic carbocycles. The Balaban J connectivity index is 1.45. The van der Waals surface area contributed by atoms with E-state index in [0.29, 0.717) is 21.5 Å². The molecule has 2 aliphatic carbocycles. The maximum absolute atomic E-state index is 9.16. The summed E-state index contributed by atoms with van der Waals surface area (Å²) in [6.45, 7) is 9.08. The van der Waals surface area contributed by atoms with Gasteiger partial charge in [-0.3, -0.25) is 0 Å². The predicted molar refractivity (Wildman–Crippen MR) is 178 cm³/mol. The summed E-state index contributed by atoms with van der Waals surface area (Å²) < 4.78 is 11.4. The largest absolute Gasteiger partial charge is 0.495 e. The van der Waals surface area contributed by atoms with Crippen LogP contribution >= 0.6 is 45.3 Å². The third kappa shape index (κ3) is 4.31. The van der Waals surface area contributed by atoms with E-state index >= 15 is 0 Å². The Morgan fingerprint density at radius 2 is 0.955 bits per heavy atom. The fourth-order valence-electron chi connectivity index (χ4n) is 5.85. The molecule has 0 spiro atoms. The summed E-state index contributed by atoms with van der Waals surface area (Å²) >= 11 is 6.28. The van der Waals surface area contributed by atoms with Crippen molar-refractivity contribution < 1.29 is 9.47 Å². The smallest absolute Gasteiger partial charge is 0.219 e. The predicted octanol–water partition coefficient (Wildman–Crippen LogP) is 9.02. The number of nitrogens with zero attached hydrogens (tertiary/aromatic N) is 6. The van der Waals surface area contributed by atoms with Gasteiger partial charge in [0, 0.05) is 42.5 Å². The van der Waals surface area contributed by atoms with Crippen LogP contribution in [-0.2, 0) is 10.8 Å². The third-order valence-corrected chi connectivity index (χ3v) is 12.6. The van der Waals surface area contributed by atoms with E-state index in [1.54, 1.807) is 49.0 Å². The summed E-state index contributed by atoms with van der Waals surface area (Å²) in [5.41, 5.74) is 4.30. The monoisotopic (exact) mass is 650 g/mol. The number of aliphatic imine (C=N–C) groups is 2. The zero-order chi connectivity index (χ0) is 31.6. The fraction of sp³-hybridized carbons (Fsp3) is 0.250. The van der Waals surface area contributed by atoms with Crippen molar-refractivity contribution in [3.63, 3.8) is 0 Å². The third-order valence-electron chi connectivity index (χ3n) is 7.89. The van der Waals surface area contributed by atoms with Gasteiger partial charge in [0.1, 0.15) is 45.8 Å². The Hall–Kier alpha value is -4.56. The van der Waals surface area contributed by atoms with Crippen LogP contribution in [0.25, 0.3) is 30.7 Å². The van der Waals surface area contributed by atoms with Crippen molar-refractivity contribution in [1.82, 2.24) is 0 Å². The molecule has 0 saturated carbocycles. The minimum Gasteiger partial charge on any atom is -0.495 e. The SMILES string of the molecule is COc1cc(N=C(C#N)C#N)sc1-c1cc2c(s1)C1=C(c3sc(-c4sc(N=C(C#N)C#N)cc4OC)cc3C1(C)C)C2(C)C. The van der Waals surface area contributed by atoms with E-state index in [0.717, 1.165) is 19.5 Å². The molecule has 4 aromatic heterocycles. The lowest BCUT2D eigenvalue weighted by molar-refractivity contribution is 0.418. The molecule has 0 saturated heterocycles.